The lowest BCUT2D eigenvalue weighted by Gasteiger charge is -2.30. The Balaban J connectivity index is 1.37. The minimum atomic E-state index is -1.64. The SMILES string of the molecule is Cc1nnc(N[C@H]2CC[C@H](Nc3cc(-c4ccc5cc(C#N)cnn45)ncc3C(=O)NC[C@@H](F)C(C)(C)O)CC2)o1. The van der Waals surface area contributed by atoms with Gasteiger partial charge in [0.05, 0.1) is 52.1 Å². The molecule has 4 N–H and O–H groups in total. The lowest BCUT2D eigenvalue weighted by molar-refractivity contribution is -0.00177. The van der Waals surface area contributed by atoms with Crippen LogP contribution in [0.2, 0.25) is 0 Å². The zero-order chi connectivity index (χ0) is 29.1. The molecule has 0 unspecified atom stereocenters. The van der Waals surface area contributed by atoms with Gasteiger partial charge in [-0.3, -0.25) is 9.78 Å². The molecule has 4 aromatic rings. The topological polar surface area (TPSA) is 166 Å². The average molecular weight is 562 g/mol. The van der Waals surface area contributed by atoms with Gasteiger partial charge in [-0.1, -0.05) is 5.10 Å². The Labute approximate surface area is 236 Å². The molecular formula is C28H32FN9O3. The fraction of sp³-hybridized carbons (Fsp3) is 0.429. The first kappa shape index (κ1) is 28.0. The van der Waals surface area contributed by atoms with E-state index in [4.69, 9.17) is 4.42 Å². The summed E-state index contributed by atoms with van der Waals surface area (Å²) in [5.74, 6) is -0.00220. The lowest BCUT2D eigenvalue weighted by atomic mass is 9.91. The number of carbonyl (C=O) groups excluding carboxylic acids is 1. The van der Waals surface area contributed by atoms with Gasteiger partial charge in [-0.2, -0.15) is 10.4 Å². The smallest absolute Gasteiger partial charge is 0.315 e. The summed E-state index contributed by atoms with van der Waals surface area (Å²) in [6.07, 6.45) is 4.64. The molecule has 214 valence electrons. The summed E-state index contributed by atoms with van der Waals surface area (Å²) >= 11 is 0. The highest BCUT2D eigenvalue weighted by molar-refractivity contribution is 6.00. The minimum Gasteiger partial charge on any atom is -0.408 e. The van der Waals surface area contributed by atoms with Gasteiger partial charge in [-0.25, -0.2) is 8.91 Å². The Morgan fingerprint density at radius 2 is 1.93 bits per heavy atom. The molecule has 1 aliphatic rings. The van der Waals surface area contributed by atoms with Crippen LogP contribution < -0.4 is 16.0 Å². The van der Waals surface area contributed by atoms with Crippen LogP contribution in [0.3, 0.4) is 0 Å². The maximum absolute atomic E-state index is 14.4. The van der Waals surface area contributed by atoms with Crippen LogP contribution in [0.15, 0.2) is 41.1 Å². The van der Waals surface area contributed by atoms with E-state index in [0.717, 1.165) is 31.2 Å². The standard InChI is InChI=1S/C28H32FN9O3/c1-16-36-37-27(41-16)35-19-6-4-18(5-7-19)34-22-11-23(24-9-8-20-10-17(12-30)13-33-38(20)24)31-14-21(22)26(39)32-15-25(29)28(2,3)40/h8-11,13-14,18-19,25,40H,4-7,15H2,1-3H3,(H,31,34)(H,32,39)(H,35,37)/t18-,19-,25-/m1/s1. The van der Waals surface area contributed by atoms with Crippen LogP contribution in [0, 0.1) is 18.3 Å². The lowest BCUT2D eigenvalue weighted by Crippen LogP contribution is -2.42. The maximum atomic E-state index is 14.4. The molecule has 5 rings (SSSR count). The number of halogens is 1. The molecule has 4 aromatic heterocycles. The molecular weight excluding hydrogens is 529 g/mol. The second-order valence-electron chi connectivity index (χ2n) is 10.8. The predicted octanol–water partition coefficient (Wildman–Crippen LogP) is 3.63. The first-order valence-corrected chi connectivity index (χ1v) is 13.5. The average Bonchev–Trinajstić information content (AvgIpc) is 3.57. The number of nitrogens with one attached hydrogen (secondary N) is 3. The number of hydrogen-bond acceptors (Lipinski definition) is 10. The molecule has 4 heterocycles. The van der Waals surface area contributed by atoms with Gasteiger partial charge in [-0.15, -0.1) is 5.10 Å². The van der Waals surface area contributed by atoms with E-state index in [0.29, 0.717) is 34.5 Å². The Bertz CT molecular complexity index is 1580. The second-order valence-corrected chi connectivity index (χ2v) is 10.8. The fourth-order valence-electron chi connectivity index (χ4n) is 4.81. The van der Waals surface area contributed by atoms with Gasteiger partial charge in [0.2, 0.25) is 5.89 Å². The molecule has 0 bridgehead atoms. The molecule has 0 radical (unpaired) electrons. The molecule has 0 aromatic carbocycles. The second kappa shape index (κ2) is 11.5. The summed E-state index contributed by atoms with van der Waals surface area (Å²) in [6.45, 7) is 4.11. The van der Waals surface area contributed by atoms with Crippen LogP contribution in [0.4, 0.5) is 16.1 Å². The summed E-state index contributed by atoms with van der Waals surface area (Å²) in [6, 6.07) is 9.96. The number of aryl methyl sites for hydroxylation is 1. The summed E-state index contributed by atoms with van der Waals surface area (Å²) in [4.78, 5) is 17.7. The van der Waals surface area contributed by atoms with Gasteiger partial charge in [0, 0.05) is 25.2 Å². The number of rotatable bonds is 9. The highest BCUT2D eigenvalue weighted by atomic mass is 19.1. The van der Waals surface area contributed by atoms with Crippen molar-refractivity contribution in [3.8, 4) is 17.5 Å². The number of hydrogen-bond donors (Lipinski definition) is 4. The van der Waals surface area contributed by atoms with Crippen molar-refractivity contribution in [1.82, 2.24) is 30.1 Å². The van der Waals surface area contributed by atoms with Gasteiger partial charge in [0.15, 0.2) is 0 Å². The molecule has 1 amide bonds. The summed E-state index contributed by atoms with van der Waals surface area (Å²) < 4.78 is 21.5. The fourth-order valence-corrected chi connectivity index (χ4v) is 4.81. The zero-order valence-corrected chi connectivity index (χ0v) is 23.1. The first-order valence-electron chi connectivity index (χ1n) is 13.5. The highest BCUT2D eigenvalue weighted by Gasteiger charge is 2.28. The molecule has 0 saturated heterocycles. The van der Waals surface area contributed by atoms with Gasteiger partial charge >= 0.3 is 6.01 Å². The first-order chi connectivity index (χ1) is 19.6. The highest BCUT2D eigenvalue weighted by Crippen LogP contribution is 2.29. The number of anilines is 2. The molecule has 41 heavy (non-hydrogen) atoms. The van der Waals surface area contributed by atoms with Crippen LogP contribution in [0.1, 0.15) is 61.3 Å². The van der Waals surface area contributed by atoms with Crippen molar-refractivity contribution in [2.45, 2.75) is 70.3 Å². The molecule has 13 heteroatoms. The van der Waals surface area contributed by atoms with Crippen molar-refractivity contribution in [2.24, 2.45) is 0 Å². The Morgan fingerprint density at radius 1 is 1.20 bits per heavy atom. The molecule has 0 spiro atoms. The van der Waals surface area contributed by atoms with E-state index in [1.807, 2.05) is 12.1 Å². The van der Waals surface area contributed by atoms with E-state index < -0.39 is 17.7 Å². The largest absolute Gasteiger partial charge is 0.408 e. The third kappa shape index (κ3) is 6.44. The van der Waals surface area contributed by atoms with Crippen molar-refractivity contribution in [3.05, 3.63) is 53.7 Å². The van der Waals surface area contributed by atoms with E-state index in [1.54, 1.807) is 23.6 Å². The summed E-state index contributed by atoms with van der Waals surface area (Å²) in [5.41, 5.74) is 1.67. The van der Waals surface area contributed by atoms with Crippen molar-refractivity contribution in [3.63, 3.8) is 0 Å². The van der Waals surface area contributed by atoms with Crippen molar-refractivity contribution >= 4 is 23.1 Å². The normalized spacial score (nSPS) is 18.0. The maximum Gasteiger partial charge on any atom is 0.315 e. The quantitative estimate of drug-likeness (QED) is 0.237. The van der Waals surface area contributed by atoms with Crippen LogP contribution in [-0.4, -0.2) is 66.2 Å². The van der Waals surface area contributed by atoms with Crippen LogP contribution in [0.5, 0.6) is 0 Å². The zero-order valence-electron chi connectivity index (χ0n) is 23.1. The van der Waals surface area contributed by atoms with Crippen molar-refractivity contribution < 1.29 is 18.7 Å². The number of fused-ring (bicyclic) bond motifs is 1. The third-order valence-corrected chi connectivity index (χ3v) is 7.19. The summed E-state index contributed by atoms with van der Waals surface area (Å²) in [7, 11) is 0. The van der Waals surface area contributed by atoms with Crippen molar-refractivity contribution in [1.29, 1.82) is 5.26 Å². The van der Waals surface area contributed by atoms with E-state index in [9.17, 15) is 19.6 Å². The number of aromatic nitrogens is 5. The minimum absolute atomic E-state index is 0.0740. The van der Waals surface area contributed by atoms with Crippen LogP contribution >= 0.6 is 0 Å². The van der Waals surface area contributed by atoms with E-state index in [2.05, 4.69) is 42.3 Å². The van der Waals surface area contributed by atoms with E-state index >= 15 is 0 Å². The molecule has 1 atom stereocenters. The molecule has 1 saturated carbocycles. The van der Waals surface area contributed by atoms with Gasteiger partial charge in [-0.05, 0) is 63.8 Å². The number of pyridine rings is 1. The molecule has 1 fully saturated rings. The number of carbonyl (C=O) groups is 1. The number of nitriles is 1. The number of nitrogens with zero attached hydrogens (tertiary/aromatic N) is 6. The van der Waals surface area contributed by atoms with Crippen molar-refractivity contribution in [2.75, 3.05) is 17.2 Å². The van der Waals surface area contributed by atoms with Gasteiger partial charge in [0.1, 0.15) is 12.2 Å². The van der Waals surface area contributed by atoms with E-state index in [-0.39, 0.29) is 24.2 Å². The monoisotopic (exact) mass is 561 g/mol. The van der Waals surface area contributed by atoms with Crippen LogP contribution in [-0.2, 0) is 0 Å². The molecule has 12 nitrogen and oxygen atoms in total. The Kier molecular flexibility index (Phi) is 7.85. The third-order valence-electron chi connectivity index (χ3n) is 7.19. The van der Waals surface area contributed by atoms with Crippen LogP contribution in [0.25, 0.3) is 16.9 Å². The van der Waals surface area contributed by atoms with E-state index in [1.165, 1.54) is 26.2 Å². The number of alkyl halides is 1. The molecule has 1 aliphatic carbocycles. The van der Waals surface area contributed by atoms with Gasteiger partial charge < -0.3 is 25.5 Å². The molecule has 0 aliphatic heterocycles. The summed E-state index contributed by atoms with van der Waals surface area (Å²) in [5, 5.41) is 40.7. The Morgan fingerprint density at radius 3 is 2.59 bits per heavy atom. The number of aliphatic hydroxyl groups is 1. The van der Waals surface area contributed by atoms with Gasteiger partial charge in [0.25, 0.3) is 5.91 Å². The number of amides is 1. The Hall–Kier alpha value is -4.57. The predicted molar refractivity (Wildman–Crippen MR) is 149 cm³/mol.